The van der Waals surface area contributed by atoms with Crippen molar-refractivity contribution >= 4 is 6.09 Å². The molecule has 0 spiro atoms. The number of hydrogen-bond acceptors (Lipinski definition) is 4. The van der Waals surface area contributed by atoms with E-state index >= 15 is 0 Å². The highest BCUT2D eigenvalue weighted by Gasteiger charge is 2.33. The fourth-order valence-corrected chi connectivity index (χ4v) is 3.26. The van der Waals surface area contributed by atoms with Gasteiger partial charge in [-0.3, -0.25) is 0 Å². The molecule has 122 valence electrons. The van der Waals surface area contributed by atoms with Crippen molar-refractivity contribution in [2.24, 2.45) is 0 Å². The summed E-state index contributed by atoms with van der Waals surface area (Å²) in [7, 11) is 1.80. The fourth-order valence-electron chi connectivity index (χ4n) is 3.26. The van der Waals surface area contributed by atoms with Crippen LogP contribution in [0.1, 0.15) is 52.9 Å². The van der Waals surface area contributed by atoms with E-state index in [1.165, 1.54) is 19.3 Å². The fraction of sp³-hybridized carbons (Fsp3) is 0.938. The van der Waals surface area contributed by atoms with E-state index in [4.69, 9.17) is 9.47 Å². The Hall–Kier alpha value is -0.810. The van der Waals surface area contributed by atoms with Gasteiger partial charge in [0.25, 0.3) is 0 Å². The Kier molecular flexibility index (Phi) is 5.49. The van der Waals surface area contributed by atoms with E-state index in [9.17, 15) is 4.79 Å². The molecule has 2 fully saturated rings. The minimum absolute atomic E-state index is 0.196. The summed E-state index contributed by atoms with van der Waals surface area (Å²) in [5.41, 5.74) is -0.423. The first kappa shape index (κ1) is 16.6. The predicted molar refractivity (Wildman–Crippen MR) is 82.4 cm³/mol. The van der Waals surface area contributed by atoms with E-state index in [-0.39, 0.29) is 6.09 Å². The summed E-state index contributed by atoms with van der Waals surface area (Å²) >= 11 is 0. The topological polar surface area (TPSA) is 50.8 Å². The minimum atomic E-state index is -0.423. The molecule has 2 rings (SSSR count). The zero-order valence-corrected chi connectivity index (χ0v) is 13.9. The normalized spacial score (nSPS) is 30.5. The number of nitrogens with one attached hydrogen (secondary N) is 1. The molecular formula is C16H30N2O3. The molecule has 1 aliphatic carbocycles. The smallest absolute Gasteiger partial charge is 0.410 e. The number of carbonyl (C=O) groups excluding carboxylic acids is 1. The maximum atomic E-state index is 12.1. The standard InChI is InChI=1S/C16H30N2O3/c1-16(2,3)21-15(19)18-10-9-12(11-18)17-13-7-5-6-8-14(13)20-4/h12-14,17H,5-11H2,1-4H3. The summed E-state index contributed by atoms with van der Waals surface area (Å²) in [6.45, 7) is 7.23. The molecule has 3 atom stereocenters. The van der Waals surface area contributed by atoms with Crippen LogP contribution in [0.25, 0.3) is 0 Å². The van der Waals surface area contributed by atoms with Crippen LogP contribution in [0.2, 0.25) is 0 Å². The number of ether oxygens (including phenoxy) is 2. The third-order valence-corrected chi connectivity index (χ3v) is 4.30. The lowest BCUT2D eigenvalue weighted by atomic mass is 9.92. The monoisotopic (exact) mass is 298 g/mol. The molecule has 5 nitrogen and oxygen atoms in total. The van der Waals surface area contributed by atoms with Crippen molar-refractivity contribution < 1.29 is 14.3 Å². The van der Waals surface area contributed by atoms with Gasteiger partial charge in [0.1, 0.15) is 5.60 Å². The third kappa shape index (κ3) is 4.85. The SMILES string of the molecule is COC1CCCCC1NC1CCN(C(=O)OC(C)(C)C)C1. The Bertz CT molecular complexity index is 354. The van der Waals surface area contributed by atoms with Gasteiger partial charge in [-0.25, -0.2) is 4.79 Å². The Morgan fingerprint density at radius 1 is 1.19 bits per heavy atom. The van der Waals surface area contributed by atoms with Crippen LogP contribution in [0.5, 0.6) is 0 Å². The summed E-state index contributed by atoms with van der Waals surface area (Å²) in [5.74, 6) is 0. The Balaban J connectivity index is 1.80. The Morgan fingerprint density at radius 3 is 2.57 bits per heavy atom. The first-order valence-electron chi connectivity index (χ1n) is 8.16. The van der Waals surface area contributed by atoms with Crippen LogP contribution in [-0.2, 0) is 9.47 Å². The van der Waals surface area contributed by atoms with Crippen molar-refractivity contribution in [1.29, 1.82) is 0 Å². The van der Waals surface area contributed by atoms with Gasteiger partial charge in [0.15, 0.2) is 0 Å². The summed E-state index contributed by atoms with van der Waals surface area (Å²) < 4.78 is 11.0. The largest absolute Gasteiger partial charge is 0.444 e. The average Bonchev–Trinajstić information content (AvgIpc) is 2.86. The summed E-state index contributed by atoms with van der Waals surface area (Å²) in [4.78, 5) is 13.9. The summed E-state index contributed by atoms with van der Waals surface area (Å²) in [6, 6.07) is 0.783. The van der Waals surface area contributed by atoms with Gasteiger partial charge in [0.2, 0.25) is 0 Å². The second kappa shape index (κ2) is 6.97. The van der Waals surface area contributed by atoms with E-state index < -0.39 is 5.60 Å². The highest BCUT2D eigenvalue weighted by atomic mass is 16.6. The molecule has 1 heterocycles. The maximum Gasteiger partial charge on any atom is 0.410 e. The number of carbonyl (C=O) groups is 1. The lowest BCUT2D eigenvalue weighted by Crippen LogP contribution is -2.49. The molecule has 1 aliphatic heterocycles. The highest BCUT2D eigenvalue weighted by Crippen LogP contribution is 2.23. The number of rotatable bonds is 3. The molecule has 21 heavy (non-hydrogen) atoms. The van der Waals surface area contributed by atoms with Crippen molar-refractivity contribution in [3.05, 3.63) is 0 Å². The van der Waals surface area contributed by atoms with Crippen molar-refractivity contribution in [2.75, 3.05) is 20.2 Å². The number of hydrogen-bond donors (Lipinski definition) is 1. The molecule has 0 radical (unpaired) electrons. The van der Waals surface area contributed by atoms with E-state index in [0.29, 0.717) is 18.2 Å². The third-order valence-electron chi connectivity index (χ3n) is 4.30. The second-order valence-corrected chi connectivity index (χ2v) is 7.24. The molecule has 1 amide bonds. The van der Waals surface area contributed by atoms with Crippen LogP contribution in [-0.4, -0.2) is 55.0 Å². The van der Waals surface area contributed by atoms with E-state index in [0.717, 1.165) is 25.9 Å². The zero-order chi connectivity index (χ0) is 15.5. The average molecular weight is 298 g/mol. The van der Waals surface area contributed by atoms with Gasteiger partial charge in [0, 0.05) is 32.3 Å². The van der Waals surface area contributed by atoms with Crippen molar-refractivity contribution in [3.63, 3.8) is 0 Å². The first-order chi connectivity index (χ1) is 9.89. The summed E-state index contributed by atoms with van der Waals surface area (Å²) in [6.07, 6.45) is 5.93. The van der Waals surface area contributed by atoms with Gasteiger partial charge >= 0.3 is 6.09 Å². The maximum absolute atomic E-state index is 12.1. The highest BCUT2D eigenvalue weighted by molar-refractivity contribution is 5.68. The summed E-state index contributed by atoms with van der Waals surface area (Å²) in [5, 5.41) is 3.69. The molecule has 0 aromatic carbocycles. The van der Waals surface area contributed by atoms with Gasteiger partial charge in [-0.15, -0.1) is 0 Å². The number of nitrogens with zero attached hydrogens (tertiary/aromatic N) is 1. The molecule has 1 saturated heterocycles. The van der Waals surface area contributed by atoms with Crippen molar-refractivity contribution in [2.45, 2.75) is 76.7 Å². The van der Waals surface area contributed by atoms with Crippen LogP contribution >= 0.6 is 0 Å². The minimum Gasteiger partial charge on any atom is -0.444 e. The van der Waals surface area contributed by atoms with E-state index in [2.05, 4.69) is 5.32 Å². The van der Waals surface area contributed by atoms with E-state index in [1.54, 1.807) is 7.11 Å². The number of likely N-dealkylation sites (tertiary alicyclic amines) is 1. The molecule has 2 aliphatic rings. The van der Waals surface area contributed by atoms with Crippen LogP contribution in [0.3, 0.4) is 0 Å². The van der Waals surface area contributed by atoms with Gasteiger partial charge in [0.05, 0.1) is 6.10 Å². The van der Waals surface area contributed by atoms with Gasteiger partial charge in [-0.1, -0.05) is 12.8 Å². The van der Waals surface area contributed by atoms with Crippen molar-refractivity contribution in [3.8, 4) is 0 Å². The molecule has 0 bridgehead atoms. The lowest BCUT2D eigenvalue weighted by Gasteiger charge is -2.33. The molecule has 3 unspecified atom stereocenters. The van der Waals surface area contributed by atoms with Crippen LogP contribution < -0.4 is 5.32 Å². The zero-order valence-electron chi connectivity index (χ0n) is 13.9. The predicted octanol–water partition coefficient (Wildman–Crippen LogP) is 2.54. The van der Waals surface area contributed by atoms with E-state index in [1.807, 2.05) is 25.7 Å². The Labute approximate surface area is 128 Å². The molecule has 1 N–H and O–H groups in total. The van der Waals surface area contributed by atoms with Crippen LogP contribution in [0.15, 0.2) is 0 Å². The quantitative estimate of drug-likeness (QED) is 0.870. The van der Waals surface area contributed by atoms with Crippen LogP contribution in [0.4, 0.5) is 4.79 Å². The van der Waals surface area contributed by atoms with Gasteiger partial charge in [-0.05, 0) is 40.0 Å². The van der Waals surface area contributed by atoms with Gasteiger partial charge < -0.3 is 19.7 Å². The molecule has 1 saturated carbocycles. The second-order valence-electron chi connectivity index (χ2n) is 7.24. The van der Waals surface area contributed by atoms with Crippen molar-refractivity contribution in [1.82, 2.24) is 10.2 Å². The molecule has 0 aromatic heterocycles. The van der Waals surface area contributed by atoms with Crippen LogP contribution in [0, 0.1) is 0 Å². The lowest BCUT2D eigenvalue weighted by molar-refractivity contribution is 0.0272. The molecular weight excluding hydrogens is 268 g/mol. The number of methoxy groups -OCH3 is 1. The molecule has 0 aromatic rings. The Morgan fingerprint density at radius 2 is 1.90 bits per heavy atom. The van der Waals surface area contributed by atoms with Gasteiger partial charge in [-0.2, -0.15) is 0 Å². The molecule has 5 heteroatoms. The number of amides is 1. The first-order valence-corrected chi connectivity index (χ1v) is 8.16.